The number of hydrogen-bond acceptors (Lipinski definition) is 4. The summed E-state index contributed by atoms with van der Waals surface area (Å²) in [7, 11) is 0. The van der Waals surface area contributed by atoms with Crippen molar-refractivity contribution in [3.05, 3.63) is 54.4 Å². The number of benzene rings is 1. The zero-order chi connectivity index (χ0) is 18.6. The highest BCUT2D eigenvalue weighted by atomic mass is 16.6. The number of nitrogens with one attached hydrogen (secondary N) is 3. The molecule has 0 aliphatic carbocycles. The molecule has 1 amide bonds. The molecular weight excluding hydrogens is 328 g/mol. The highest BCUT2D eigenvalue weighted by Crippen LogP contribution is 2.18. The van der Waals surface area contributed by atoms with Gasteiger partial charge in [0.05, 0.1) is 11.9 Å². The first kappa shape index (κ1) is 17.8. The maximum Gasteiger partial charge on any atom is 0.412 e. The summed E-state index contributed by atoms with van der Waals surface area (Å²) in [5.74, 6) is 0.764. The lowest BCUT2D eigenvalue weighted by Crippen LogP contribution is -2.27. The Balaban J connectivity index is 1.51. The van der Waals surface area contributed by atoms with Crippen molar-refractivity contribution in [1.29, 1.82) is 0 Å². The van der Waals surface area contributed by atoms with Crippen molar-refractivity contribution in [2.24, 2.45) is 0 Å². The molecule has 3 rings (SSSR count). The summed E-state index contributed by atoms with van der Waals surface area (Å²) in [5, 5.41) is 7.22. The van der Waals surface area contributed by atoms with Crippen molar-refractivity contribution in [1.82, 2.24) is 9.97 Å². The van der Waals surface area contributed by atoms with E-state index in [1.54, 1.807) is 12.3 Å². The Morgan fingerprint density at radius 2 is 2.00 bits per heavy atom. The molecule has 3 aromatic rings. The molecule has 3 N–H and O–H groups in total. The Labute approximate surface area is 153 Å². The second-order valence-electron chi connectivity index (χ2n) is 7.10. The molecule has 0 aliphatic rings. The number of pyridine rings is 1. The smallest absolute Gasteiger partial charge is 0.412 e. The maximum atomic E-state index is 11.7. The van der Waals surface area contributed by atoms with E-state index in [4.69, 9.17) is 4.74 Å². The summed E-state index contributed by atoms with van der Waals surface area (Å²) < 4.78 is 5.22. The first-order valence-corrected chi connectivity index (χ1v) is 8.66. The van der Waals surface area contributed by atoms with Gasteiger partial charge >= 0.3 is 6.09 Å². The van der Waals surface area contributed by atoms with Gasteiger partial charge in [0.1, 0.15) is 11.4 Å². The van der Waals surface area contributed by atoms with Crippen LogP contribution < -0.4 is 10.6 Å². The number of fused-ring (bicyclic) bond motifs is 1. The molecule has 0 aliphatic heterocycles. The summed E-state index contributed by atoms with van der Waals surface area (Å²) in [6.07, 6.45) is 4.06. The fourth-order valence-electron chi connectivity index (χ4n) is 2.66. The van der Waals surface area contributed by atoms with E-state index in [1.165, 1.54) is 10.9 Å². The van der Waals surface area contributed by atoms with Crippen LogP contribution in [-0.4, -0.2) is 28.2 Å². The summed E-state index contributed by atoms with van der Waals surface area (Å²) in [6.45, 7) is 6.25. The molecule has 0 saturated carbocycles. The van der Waals surface area contributed by atoms with Crippen LogP contribution in [0.5, 0.6) is 0 Å². The van der Waals surface area contributed by atoms with Crippen molar-refractivity contribution >= 4 is 28.5 Å². The average Bonchev–Trinajstić information content (AvgIpc) is 2.98. The molecule has 26 heavy (non-hydrogen) atoms. The minimum atomic E-state index is -0.526. The minimum absolute atomic E-state index is 0.487. The van der Waals surface area contributed by atoms with Crippen LogP contribution in [0, 0.1) is 0 Å². The number of carbonyl (C=O) groups excluding carboxylic acids is 1. The van der Waals surface area contributed by atoms with Crippen LogP contribution in [0.4, 0.5) is 16.3 Å². The van der Waals surface area contributed by atoms with Crippen LogP contribution in [0.2, 0.25) is 0 Å². The Hall–Kier alpha value is -3.02. The number of amides is 1. The zero-order valence-corrected chi connectivity index (χ0v) is 15.3. The summed E-state index contributed by atoms with van der Waals surface area (Å²) in [5.41, 5.74) is 2.50. The van der Waals surface area contributed by atoms with E-state index < -0.39 is 11.7 Å². The van der Waals surface area contributed by atoms with E-state index in [2.05, 4.69) is 32.7 Å². The van der Waals surface area contributed by atoms with Gasteiger partial charge in [0.15, 0.2) is 0 Å². The van der Waals surface area contributed by atoms with Crippen LogP contribution >= 0.6 is 0 Å². The molecular formula is C20H24N4O2. The standard InChI is InChI=1S/C20H24N4O2/c1-20(2,3)26-19(25)24-15-8-9-18(23-13-15)21-11-10-14-12-22-17-7-5-4-6-16(14)17/h4-9,12-13,22H,10-11H2,1-3H3,(H,21,23)(H,24,25). The van der Waals surface area contributed by atoms with Gasteiger partial charge in [-0.05, 0) is 51.0 Å². The lowest BCUT2D eigenvalue weighted by molar-refractivity contribution is 0.0636. The number of anilines is 2. The highest BCUT2D eigenvalue weighted by molar-refractivity contribution is 5.85. The van der Waals surface area contributed by atoms with Crippen molar-refractivity contribution < 1.29 is 9.53 Å². The van der Waals surface area contributed by atoms with Gasteiger partial charge in [0.2, 0.25) is 0 Å². The minimum Gasteiger partial charge on any atom is -0.444 e. The van der Waals surface area contributed by atoms with Gasteiger partial charge in [-0.25, -0.2) is 9.78 Å². The molecule has 6 nitrogen and oxygen atoms in total. The first-order chi connectivity index (χ1) is 12.4. The normalized spacial score (nSPS) is 11.3. The second-order valence-corrected chi connectivity index (χ2v) is 7.10. The molecule has 0 spiro atoms. The lowest BCUT2D eigenvalue weighted by atomic mass is 10.1. The van der Waals surface area contributed by atoms with E-state index in [9.17, 15) is 4.79 Å². The van der Waals surface area contributed by atoms with Crippen LogP contribution in [0.25, 0.3) is 10.9 Å². The highest BCUT2D eigenvalue weighted by Gasteiger charge is 2.16. The number of aromatic nitrogens is 2. The van der Waals surface area contributed by atoms with E-state index >= 15 is 0 Å². The third kappa shape index (κ3) is 4.75. The van der Waals surface area contributed by atoms with Gasteiger partial charge in [0, 0.05) is 23.6 Å². The van der Waals surface area contributed by atoms with Gasteiger partial charge in [0.25, 0.3) is 0 Å². The number of nitrogens with zero attached hydrogens (tertiary/aromatic N) is 1. The molecule has 2 aromatic heterocycles. The van der Waals surface area contributed by atoms with Crippen LogP contribution in [0.3, 0.4) is 0 Å². The first-order valence-electron chi connectivity index (χ1n) is 8.66. The Bertz CT molecular complexity index is 879. The molecule has 0 unspecified atom stereocenters. The number of rotatable bonds is 5. The van der Waals surface area contributed by atoms with E-state index in [0.717, 1.165) is 24.3 Å². The maximum absolute atomic E-state index is 11.7. The van der Waals surface area contributed by atoms with Crippen LogP contribution in [0.15, 0.2) is 48.8 Å². The van der Waals surface area contributed by atoms with Crippen LogP contribution in [0.1, 0.15) is 26.3 Å². The van der Waals surface area contributed by atoms with Crippen molar-refractivity contribution in [2.75, 3.05) is 17.2 Å². The Morgan fingerprint density at radius 1 is 1.19 bits per heavy atom. The predicted molar refractivity (Wildman–Crippen MR) is 105 cm³/mol. The molecule has 2 heterocycles. The fraction of sp³-hybridized carbons (Fsp3) is 0.300. The Morgan fingerprint density at radius 3 is 2.73 bits per heavy atom. The van der Waals surface area contributed by atoms with E-state index in [-0.39, 0.29) is 0 Å². The third-order valence-electron chi connectivity index (χ3n) is 3.78. The molecule has 0 atom stereocenters. The number of aromatic amines is 1. The number of ether oxygens (including phenoxy) is 1. The van der Waals surface area contributed by atoms with Crippen molar-refractivity contribution in [2.45, 2.75) is 32.8 Å². The second kappa shape index (κ2) is 7.47. The molecule has 1 aromatic carbocycles. The molecule has 0 radical (unpaired) electrons. The van der Waals surface area contributed by atoms with Gasteiger partial charge in [-0.1, -0.05) is 18.2 Å². The number of carbonyl (C=O) groups is 1. The summed E-state index contributed by atoms with van der Waals surface area (Å²) in [4.78, 5) is 19.3. The van der Waals surface area contributed by atoms with Crippen molar-refractivity contribution in [3.8, 4) is 0 Å². The molecule has 0 saturated heterocycles. The van der Waals surface area contributed by atoms with Gasteiger partial charge in [-0.3, -0.25) is 5.32 Å². The Kier molecular flexibility index (Phi) is 5.11. The topological polar surface area (TPSA) is 79.0 Å². The predicted octanol–water partition coefficient (Wildman–Crippen LogP) is 4.56. The molecule has 0 fully saturated rings. The zero-order valence-electron chi connectivity index (χ0n) is 15.3. The number of hydrogen-bond donors (Lipinski definition) is 3. The van der Waals surface area contributed by atoms with Crippen molar-refractivity contribution in [3.63, 3.8) is 0 Å². The molecule has 136 valence electrons. The number of para-hydroxylation sites is 1. The molecule has 6 heteroatoms. The monoisotopic (exact) mass is 352 g/mol. The van der Waals surface area contributed by atoms with Gasteiger partial charge < -0.3 is 15.0 Å². The average molecular weight is 352 g/mol. The van der Waals surface area contributed by atoms with Crippen LogP contribution in [-0.2, 0) is 11.2 Å². The SMILES string of the molecule is CC(C)(C)OC(=O)Nc1ccc(NCCc2c[nH]c3ccccc23)nc1. The van der Waals surface area contributed by atoms with E-state index in [1.807, 2.05) is 45.2 Å². The number of H-pyrrole nitrogens is 1. The quantitative estimate of drug-likeness (QED) is 0.629. The van der Waals surface area contributed by atoms with E-state index in [0.29, 0.717) is 5.69 Å². The van der Waals surface area contributed by atoms with Gasteiger partial charge in [-0.15, -0.1) is 0 Å². The summed E-state index contributed by atoms with van der Waals surface area (Å²) >= 11 is 0. The fourth-order valence-corrected chi connectivity index (χ4v) is 2.66. The largest absolute Gasteiger partial charge is 0.444 e. The summed E-state index contributed by atoms with van der Waals surface area (Å²) in [6, 6.07) is 11.9. The molecule has 0 bridgehead atoms. The van der Waals surface area contributed by atoms with Gasteiger partial charge in [-0.2, -0.15) is 0 Å². The lowest BCUT2D eigenvalue weighted by Gasteiger charge is -2.19. The third-order valence-corrected chi connectivity index (χ3v) is 3.78.